The molecule has 2 heterocycles. The Morgan fingerprint density at radius 2 is 2.17 bits per heavy atom. The fraction of sp³-hybridized carbons (Fsp3) is 0.647. The zero-order valence-electron chi connectivity index (χ0n) is 15.1. The van der Waals surface area contributed by atoms with Crippen LogP contribution in [0.25, 0.3) is 0 Å². The molecule has 1 aliphatic heterocycles. The van der Waals surface area contributed by atoms with Crippen molar-refractivity contribution >= 4 is 23.2 Å². The highest BCUT2D eigenvalue weighted by Crippen LogP contribution is 2.23. The van der Waals surface area contributed by atoms with Gasteiger partial charge in [0.15, 0.2) is 5.96 Å². The Bertz CT molecular complexity index is 576. The van der Waals surface area contributed by atoms with E-state index in [1.807, 2.05) is 32.1 Å². The number of thiophene rings is 1. The molecule has 0 saturated carbocycles. The average Bonchev–Trinajstić information content (AvgIpc) is 2.96. The standard InChI is InChI=1S/C17H29N5OS/c1-17(2,3)21-15(23)11-20-16(18-4)19-7-9-22-8-5-14-13(12-22)6-10-24-14/h6,10H,5,7-9,11-12H2,1-4H3,(H,21,23)(H2,18,19,20). The second-order valence-corrected chi connectivity index (χ2v) is 8.05. The number of carbonyl (C=O) groups excluding carboxylic acids is 1. The third-order valence-corrected chi connectivity index (χ3v) is 4.78. The molecule has 0 atom stereocenters. The van der Waals surface area contributed by atoms with E-state index in [0.29, 0.717) is 5.96 Å². The van der Waals surface area contributed by atoms with Gasteiger partial charge >= 0.3 is 0 Å². The van der Waals surface area contributed by atoms with Gasteiger partial charge in [0.25, 0.3) is 0 Å². The van der Waals surface area contributed by atoms with Gasteiger partial charge in [0.2, 0.25) is 5.91 Å². The van der Waals surface area contributed by atoms with Crippen molar-refractivity contribution in [3.8, 4) is 0 Å². The summed E-state index contributed by atoms with van der Waals surface area (Å²) in [5, 5.41) is 11.4. The second-order valence-electron chi connectivity index (χ2n) is 7.05. The van der Waals surface area contributed by atoms with Crippen molar-refractivity contribution in [3.63, 3.8) is 0 Å². The van der Waals surface area contributed by atoms with Crippen molar-refractivity contribution in [3.05, 3.63) is 21.9 Å². The van der Waals surface area contributed by atoms with Crippen molar-refractivity contribution < 1.29 is 4.79 Å². The van der Waals surface area contributed by atoms with Crippen LogP contribution in [-0.4, -0.2) is 55.5 Å². The van der Waals surface area contributed by atoms with E-state index in [9.17, 15) is 4.79 Å². The molecule has 0 aliphatic carbocycles. The number of hydrogen-bond acceptors (Lipinski definition) is 4. The van der Waals surface area contributed by atoms with Crippen LogP contribution in [0, 0.1) is 0 Å². The van der Waals surface area contributed by atoms with E-state index in [1.54, 1.807) is 7.05 Å². The topological polar surface area (TPSA) is 68.8 Å². The molecule has 0 saturated heterocycles. The predicted octanol–water partition coefficient (Wildman–Crippen LogP) is 1.19. The lowest BCUT2D eigenvalue weighted by molar-refractivity contribution is -0.121. The molecule has 6 nitrogen and oxygen atoms in total. The summed E-state index contributed by atoms with van der Waals surface area (Å²) in [4.78, 5) is 20.0. The Hall–Kier alpha value is -1.60. The zero-order valence-corrected chi connectivity index (χ0v) is 15.9. The van der Waals surface area contributed by atoms with Gasteiger partial charge in [-0.1, -0.05) is 0 Å². The predicted molar refractivity (Wildman–Crippen MR) is 101 cm³/mol. The molecule has 24 heavy (non-hydrogen) atoms. The van der Waals surface area contributed by atoms with Crippen LogP contribution in [0.1, 0.15) is 31.2 Å². The molecule has 3 N–H and O–H groups in total. The summed E-state index contributed by atoms with van der Waals surface area (Å²) >= 11 is 1.86. The van der Waals surface area contributed by atoms with E-state index >= 15 is 0 Å². The maximum Gasteiger partial charge on any atom is 0.239 e. The van der Waals surface area contributed by atoms with Gasteiger partial charge < -0.3 is 16.0 Å². The average molecular weight is 352 g/mol. The van der Waals surface area contributed by atoms with Crippen LogP contribution in [0.3, 0.4) is 0 Å². The lowest BCUT2D eigenvalue weighted by Crippen LogP contribution is -2.49. The summed E-state index contributed by atoms with van der Waals surface area (Å²) in [7, 11) is 1.72. The first-order valence-corrected chi connectivity index (χ1v) is 9.28. The van der Waals surface area contributed by atoms with Gasteiger partial charge in [-0.05, 0) is 44.2 Å². The van der Waals surface area contributed by atoms with Crippen molar-refractivity contribution in [2.75, 3.05) is 33.2 Å². The normalized spacial score (nSPS) is 15.8. The highest BCUT2D eigenvalue weighted by Gasteiger charge is 2.17. The molecule has 0 aromatic carbocycles. The number of carbonyl (C=O) groups is 1. The van der Waals surface area contributed by atoms with Crippen molar-refractivity contribution in [2.45, 2.75) is 39.3 Å². The monoisotopic (exact) mass is 351 g/mol. The van der Waals surface area contributed by atoms with Crippen LogP contribution in [0.4, 0.5) is 0 Å². The number of rotatable bonds is 5. The van der Waals surface area contributed by atoms with Gasteiger partial charge in [0.05, 0.1) is 6.54 Å². The summed E-state index contributed by atoms with van der Waals surface area (Å²) in [5.41, 5.74) is 1.25. The van der Waals surface area contributed by atoms with Crippen LogP contribution in [0.5, 0.6) is 0 Å². The Kier molecular flexibility index (Phi) is 6.62. The lowest BCUT2D eigenvalue weighted by atomic mass is 10.1. The minimum Gasteiger partial charge on any atom is -0.355 e. The SMILES string of the molecule is CN=C(NCCN1CCc2sccc2C1)NCC(=O)NC(C)(C)C. The summed E-state index contributed by atoms with van der Waals surface area (Å²) in [6.07, 6.45) is 1.15. The minimum absolute atomic E-state index is 0.0357. The Morgan fingerprint density at radius 1 is 1.38 bits per heavy atom. The molecule has 1 aromatic rings. The Labute approximate surface area is 148 Å². The van der Waals surface area contributed by atoms with Crippen LogP contribution < -0.4 is 16.0 Å². The molecule has 2 rings (SSSR count). The molecule has 1 amide bonds. The van der Waals surface area contributed by atoms with Gasteiger partial charge in [-0.2, -0.15) is 0 Å². The molecular formula is C17H29N5OS. The van der Waals surface area contributed by atoms with Crippen LogP contribution in [0.2, 0.25) is 0 Å². The first-order valence-electron chi connectivity index (χ1n) is 8.40. The van der Waals surface area contributed by atoms with Crippen LogP contribution in [0.15, 0.2) is 16.4 Å². The van der Waals surface area contributed by atoms with Gasteiger partial charge in [-0.15, -0.1) is 11.3 Å². The van der Waals surface area contributed by atoms with Crippen molar-refractivity contribution in [2.24, 2.45) is 4.99 Å². The fourth-order valence-electron chi connectivity index (χ4n) is 2.68. The first-order chi connectivity index (χ1) is 11.4. The fourth-order valence-corrected chi connectivity index (χ4v) is 3.57. The second kappa shape index (κ2) is 8.48. The summed E-state index contributed by atoms with van der Waals surface area (Å²) in [6.45, 7) is 10.0. The van der Waals surface area contributed by atoms with Crippen molar-refractivity contribution in [1.82, 2.24) is 20.9 Å². The summed E-state index contributed by atoms with van der Waals surface area (Å²) < 4.78 is 0. The van der Waals surface area contributed by atoms with Crippen LogP contribution in [-0.2, 0) is 17.8 Å². The van der Waals surface area contributed by atoms with Gasteiger partial charge in [0.1, 0.15) is 0 Å². The number of aliphatic imine (C=N–C) groups is 1. The van der Waals surface area contributed by atoms with Crippen LogP contribution >= 0.6 is 11.3 Å². The van der Waals surface area contributed by atoms with Gasteiger partial charge in [-0.25, -0.2) is 0 Å². The number of amides is 1. The van der Waals surface area contributed by atoms with Gasteiger partial charge in [0, 0.05) is 43.6 Å². The molecule has 1 aromatic heterocycles. The number of hydrogen-bond donors (Lipinski definition) is 3. The zero-order chi connectivity index (χ0) is 17.6. The Morgan fingerprint density at radius 3 is 2.88 bits per heavy atom. The van der Waals surface area contributed by atoms with E-state index < -0.39 is 0 Å². The molecule has 1 aliphatic rings. The summed E-state index contributed by atoms with van der Waals surface area (Å²) in [5.74, 6) is 0.624. The van der Waals surface area contributed by atoms with Gasteiger partial charge in [-0.3, -0.25) is 14.7 Å². The number of nitrogens with one attached hydrogen (secondary N) is 3. The maximum absolute atomic E-state index is 11.8. The molecular weight excluding hydrogens is 322 g/mol. The van der Waals surface area contributed by atoms with Crippen molar-refractivity contribution in [1.29, 1.82) is 0 Å². The lowest BCUT2D eigenvalue weighted by Gasteiger charge is -2.27. The van der Waals surface area contributed by atoms with E-state index in [4.69, 9.17) is 0 Å². The third kappa shape index (κ3) is 6.13. The maximum atomic E-state index is 11.8. The largest absolute Gasteiger partial charge is 0.355 e. The molecule has 7 heteroatoms. The molecule has 0 fully saturated rings. The quantitative estimate of drug-likeness (QED) is 0.551. The highest BCUT2D eigenvalue weighted by atomic mass is 32.1. The number of guanidine groups is 1. The molecule has 0 bridgehead atoms. The summed E-state index contributed by atoms with van der Waals surface area (Å²) in [6, 6.07) is 2.23. The smallest absolute Gasteiger partial charge is 0.239 e. The van der Waals surface area contributed by atoms with E-state index in [1.165, 1.54) is 10.4 Å². The number of fused-ring (bicyclic) bond motifs is 1. The molecule has 0 spiro atoms. The molecule has 0 radical (unpaired) electrons. The van der Waals surface area contributed by atoms with E-state index in [-0.39, 0.29) is 18.0 Å². The number of nitrogens with zero attached hydrogens (tertiary/aromatic N) is 2. The minimum atomic E-state index is -0.218. The highest BCUT2D eigenvalue weighted by molar-refractivity contribution is 7.10. The third-order valence-electron chi connectivity index (χ3n) is 3.76. The molecule has 134 valence electrons. The van der Waals surface area contributed by atoms with E-state index in [2.05, 4.69) is 37.3 Å². The van der Waals surface area contributed by atoms with E-state index in [0.717, 1.165) is 32.6 Å². The Balaban J connectivity index is 1.66. The first kappa shape index (κ1) is 18.7. The molecule has 0 unspecified atom stereocenters.